The van der Waals surface area contributed by atoms with Gasteiger partial charge < -0.3 is 9.47 Å². The number of benzene rings is 2. The van der Waals surface area contributed by atoms with Crippen molar-refractivity contribution in [1.29, 1.82) is 0 Å². The van der Waals surface area contributed by atoms with Gasteiger partial charge in [-0.2, -0.15) is 4.31 Å². The molecule has 0 saturated carbocycles. The van der Waals surface area contributed by atoms with Gasteiger partial charge >= 0.3 is 11.9 Å². The van der Waals surface area contributed by atoms with Crippen molar-refractivity contribution in [2.75, 3.05) is 20.8 Å². The molecule has 0 bridgehead atoms. The number of rotatable bonds is 6. The Labute approximate surface area is 173 Å². The summed E-state index contributed by atoms with van der Waals surface area (Å²) in [6.45, 7) is 1.99. The highest BCUT2D eigenvalue weighted by Crippen LogP contribution is 2.42. The van der Waals surface area contributed by atoms with E-state index < -0.39 is 33.8 Å². The van der Waals surface area contributed by atoms with Crippen molar-refractivity contribution in [1.82, 2.24) is 4.31 Å². The predicted molar refractivity (Wildman–Crippen MR) is 106 cm³/mol. The van der Waals surface area contributed by atoms with E-state index in [1.807, 2.05) is 6.92 Å². The quantitative estimate of drug-likeness (QED) is 0.229. The van der Waals surface area contributed by atoms with Gasteiger partial charge in [-0.25, -0.2) is 22.4 Å². The number of aryl methyl sites for hydroxylation is 1. The standard InChI is InChI=1S/C21H20FNO6S/c1-13-4-8-16(9-5-13)30(26,27)23-12-19(23)17-11-15(22)7-6-14(17)10-18(20(24)28-2)21(25)29-3/h4-11,19H,12H2,1-3H3. The predicted octanol–water partition coefficient (Wildman–Crippen LogP) is 2.61. The number of esters is 2. The molecule has 1 fully saturated rings. The number of halogens is 1. The summed E-state index contributed by atoms with van der Waals surface area (Å²) in [6.07, 6.45) is 1.21. The van der Waals surface area contributed by atoms with Gasteiger partial charge in [0.25, 0.3) is 0 Å². The van der Waals surface area contributed by atoms with Crippen LogP contribution in [0.4, 0.5) is 4.39 Å². The second kappa shape index (κ2) is 8.37. The minimum atomic E-state index is -3.77. The summed E-state index contributed by atoms with van der Waals surface area (Å²) in [5.41, 5.74) is 1.18. The fourth-order valence-corrected chi connectivity index (χ4v) is 4.57. The SMILES string of the molecule is COC(=O)C(=Cc1ccc(F)cc1C1CN1S(=O)(=O)c1ccc(C)cc1)C(=O)OC. The zero-order valence-corrected chi connectivity index (χ0v) is 17.4. The number of carbonyl (C=O) groups is 2. The third-order valence-corrected chi connectivity index (χ3v) is 6.60. The molecule has 2 atom stereocenters. The Morgan fingerprint density at radius 2 is 1.67 bits per heavy atom. The lowest BCUT2D eigenvalue weighted by atomic mass is 10.0. The summed E-state index contributed by atoms with van der Waals surface area (Å²) in [6, 6.07) is 9.50. The zero-order chi connectivity index (χ0) is 22.1. The monoisotopic (exact) mass is 433 g/mol. The number of ether oxygens (including phenoxy) is 2. The molecule has 0 spiro atoms. The molecule has 30 heavy (non-hydrogen) atoms. The van der Waals surface area contributed by atoms with Gasteiger partial charge in [0, 0.05) is 6.54 Å². The van der Waals surface area contributed by atoms with E-state index in [2.05, 4.69) is 9.47 Å². The molecule has 3 rings (SSSR count). The van der Waals surface area contributed by atoms with E-state index in [-0.39, 0.29) is 17.0 Å². The first kappa shape index (κ1) is 21.7. The summed E-state index contributed by atoms with van der Waals surface area (Å²) in [7, 11) is -1.55. The molecule has 1 aliphatic heterocycles. The number of carbonyl (C=O) groups excluding carboxylic acids is 2. The topological polar surface area (TPSA) is 89.8 Å². The van der Waals surface area contributed by atoms with Gasteiger partial charge in [0.15, 0.2) is 0 Å². The molecule has 0 amide bonds. The fourth-order valence-electron chi connectivity index (χ4n) is 3.03. The van der Waals surface area contributed by atoms with E-state index in [0.29, 0.717) is 11.1 Å². The number of hydrogen-bond acceptors (Lipinski definition) is 6. The Balaban J connectivity index is 1.99. The lowest BCUT2D eigenvalue weighted by Crippen LogP contribution is -2.16. The average Bonchev–Trinajstić information content (AvgIpc) is 3.53. The highest BCUT2D eigenvalue weighted by Gasteiger charge is 2.46. The largest absolute Gasteiger partial charge is 0.465 e. The van der Waals surface area contributed by atoms with Gasteiger partial charge in [-0.1, -0.05) is 23.8 Å². The summed E-state index contributed by atoms with van der Waals surface area (Å²) in [5, 5.41) is 0. The summed E-state index contributed by atoms with van der Waals surface area (Å²) < 4.78 is 50.1. The molecule has 1 heterocycles. The van der Waals surface area contributed by atoms with Gasteiger partial charge in [0.1, 0.15) is 11.4 Å². The summed E-state index contributed by atoms with van der Waals surface area (Å²) in [4.78, 5) is 24.0. The third-order valence-electron chi connectivity index (χ3n) is 4.71. The first-order chi connectivity index (χ1) is 14.2. The van der Waals surface area contributed by atoms with Gasteiger partial charge in [0.2, 0.25) is 10.0 Å². The fraction of sp³-hybridized carbons (Fsp3) is 0.238. The van der Waals surface area contributed by atoms with E-state index in [9.17, 15) is 22.4 Å². The molecular weight excluding hydrogens is 413 g/mol. The van der Waals surface area contributed by atoms with Crippen LogP contribution in [0.2, 0.25) is 0 Å². The minimum absolute atomic E-state index is 0.133. The van der Waals surface area contributed by atoms with E-state index in [1.54, 1.807) is 12.1 Å². The number of sulfonamides is 1. The number of methoxy groups -OCH3 is 2. The van der Waals surface area contributed by atoms with E-state index in [1.165, 1.54) is 34.6 Å². The molecule has 2 unspecified atom stereocenters. The van der Waals surface area contributed by atoms with Crippen molar-refractivity contribution in [3.05, 3.63) is 70.5 Å². The van der Waals surface area contributed by atoms with Crippen molar-refractivity contribution < 1.29 is 31.9 Å². The van der Waals surface area contributed by atoms with Gasteiger partial charge in [-0.3, -0.25) is 0 Å². The molecule has 2 aromatic carbocycles. The second-order valence-corrected chi connectivity index (χ2v) is 8.61. The highest BCUT2D eigenvalue weighted by atomic mass is 32.2. The Kier molecular flexibility index (Phi) is 6.04. The molecule has 1 saturated heterocycles. The van der Waals surface area contributed by atoms with Crippen LogP contribution >= 0.6 is 0 Å². The third kappa shape index (κ3) is 4.27. The van der Waals surface area contributed by atoms with Gasteiger partial charge in [0.05, 0.1) is 25.2 Å². The number of nitrogens with zero attached hydrogens (tertiary/aromatic N) is 1. The maximum Gasteiger partial charge on any atom is 0.345 e. The van der Waals surface area contributed by atoms with Crippen LogP contribution in [-0.4, -0.2) is 45.4 Å². The first-order valence-corrected chi connectivity index (χ1v) is 10.4. The molecule has 9 heteroatoms. The zero-order valence-electron chi connectivity index (χ0n) is 16.6. The molecule has 0 N–H and O–H groups in total. The Bertz CT molecular complexity index is 1110. The Hall–Kier alpha value is -3.04. The van der Waals surface area contributed by atoms with Crippen LogP contribution in [0.25, 0.3) is 6.08 Å². The molecule has 2 aromatic rings. The van der Waals surface area contributed by atoms with Crippen molar-refractivity contribution >= 4 is 28.0 Å². The van der Waals surface area contributed by atoms with E-state index >= 15 is 0 Å². The van der Waals surface area contributed by atoms with Gasteiger partial charge in [-0.05, 0) is 48.4 Å². The molecule has 0 aromatic heterocycles. The summed E-state index contributed by atoms with van der Waals surface area (Å²) >= 11 is 0. The lowest BCUT2D eigenvalue weighted by molar-refractivity contribution is -0.143. The average molecular weight is 433 g/mol. The van der Waals surface area contributed by atoms with Gasteiger partial charge in [-0.15, -0.1) is 0 Å². The Morgan fingerprint density at radius 3 is 2.23 bits per heavy atom. The number of hydrogen-bond donors (Lipinski definition) is 0. The molecule has 0 radical (unpaired) electrons. The Morgan fingerprint density at radius 1 is 1.07 bits per heavy atom. The van der Waals surface area contributed by atoms with Crippen molar-refractivity contribution in [3.8, 4) is 0 Å². The highest BCUT2D eigenvalue weighted by molar-refractivity contribution is 7.89. The maximum atomic E-state index is 13.9. The van der Waals surface area contributed by atoms with Crippen LogP contribution in [0.15, 0.2) is 52.9 Å². The molecule has 7 nitrogen and oxygen atoms in total. The maximum absolute atomic E-state index is 13.9. The minimum Gasteiger partial charge on any atom is -0.465 e. The van der Waals surface area contributed by atoms with Crippen LogP contribution in [0.1, 0.15) is 22.7 Å². The van der Waals surface area contributed by atoms with Crippen LogP contribution in [-0.2, 0) is 29.1 Å². The second-order valence-electron chi connectivity index (χ2n) is 6.72. The molecular formula is C21H20FNO6S. The molecule has 0 aliphatic carbocycles. The lowest BCUT2D eigenvalue weighted by Gasteiger charge is -2.10. The van der Waals surface area contributed by atoms with Crippen LogP contribution in [0, 0.1) is 12.7 Å². The smallest absolute Gasteiger partial charge is 0.345 e. The van der Waals surface area contributed by atoms with E-state index in [0.717, 1.165) is 25.8 Å². The van der Waals surface area contributed by atoms with Crippen molar-refractivity contribution in [3.63, 3.8) is 0 Å². The molecule has 1 aliphatic rings. The molecule has 158 valence electrons. The van der Waals surface area contributed by atoms with Crippen LogP contribution in [0.5, 0.6) is 0 Å². The van der Waals surface area contributed by atoms with E-state index in [4.69, 9.17) is 0 Å². The van der Waals surface area contributed by atoms with Crippen molar-refractivity contribution in [2.45, 2.75) is 17.9 Å². The van der Waals surface area contributed by atoms with Crippen molar-refractivity contribution in [2.24, 2.45) is 0 Å². The first-order valence-electron chi connectivity index (χ1n) is 8.95. The normalized spacial score (nSPS) is 17.7. The van der Waals surface area contributed by atoms with Crippen LogP contribution in [0.3, 0.4) is 0 Å². The summed E-state index contributed by atoms with van der Waals surface area (Å²) in [5.74, 6) is -2.41. The van der Waals surface area contributed by atoms with Crippen LogP contribution < -0.4 is 0 Å².